The van der Waals surface area contributed by atoms with Gasteiger partial charge in [0.05, 0.1) is 12.8 Å². The zero-order valence-corrected chi connectivity index (χ0v) is 26.6. The van der Waals surface area contributed by atoms with Gasteiger partial charge >= 0.3 is 18.0 Å². The Morgan fingerprint density at radius 3 is 2.08 bits per heavy atom. The van der Waals surface area contributed by atoms with Gasteiger partial charge in [-0.05, 0) is 25.3 Å². The number of likely N-dealkylation sites (N-methyl/N-ethyl adjacent to an activating group) is 1. The summed E-state index contributed by atoms with van der Waals surface area (Å²) in [5, 5.41) is 33.1. The van der Waals surface area contributed by atoms with E-state index in [4.69, 9.17) is 5.73 Å². The highest BCUT2D eigenvalue weighted by Gasteiger charge is 2.36. The SMILES string of the molecule is CNC(=O)NC(N)=NCCCC1NC(=O)[C@@H](C)NC(=O)C[C@@H](C(=O)O)NC(=O)CC(C(=O)O)NC(=O)C(Cc2ccccc2)N(C)C1=O. The summed E-state index contributed by atoms with van der Waals surface area (Å²) in [6.07, 6.45) is -1.70. The van der Waals surface area contributed by atoms with Gasteiger partial charge in [0.15, 0.2) is 5.96 Å². The van der Waals surface area contributed by atoms with Gasteiger partial charge in [0.1, 0.15) is 30.2 Å². The molecule has 0 aliphatic carbocycles. The fourth-order valence-electron chi connectivity index (χ4n) is 4.57. The highest BCUT2D eigenvalue weighted by Crippen LogP contribution is 2.13. The molecule has 19 heteroatoms. The average Bonchev–Trinajstić information content (AvgIpc) is 3.03. The maximum atomic E-state index is 13.9. The normalized spacial score (nSPS) is 23.5. The summed E-state index contributed by atoms with van der Waals surface area (Å²) in [5.74, 6) is -7.96. The number of aliphatic carboxylic acids is 2. The number of hydrogen-bond donors (Lipinski definition) is 9. The molecule has 0 spiro atoms. The van der Waals surface area contributed by atoms with Gasteiger partial charge < -0.3 is 47.4 Å². The van der Waals surface area contributed by atoms with Gasteiger partial charge in [-0.3, -0.25) is 34.3 Å². The van der Waals surface area contributed by atoms with E-state index in [1.54, 1.807) is 30.3 Å². The quantitative estimate of drug-likeness (QED) is 0.0760. The number of rotatable bonds is 8. The molecule has 10 N–H and O–H groups in total. The molecule has 1 heterocycles. The van der Waals surface area contributed by atoms with Crippen LogP contribution >= 0.6 is 0 Å². The topological polar surface area (TPSA) is 291 Å². The van der Waals surface area contributed by atoms with Crippen molar-refractivity contribution < 1.29 is 48.6 Å². The number of carbonyl (C=O) groups is 8. The van der Waals surface area contributed by atoms with Gasteiger partial charge in [-0.1, -0.05) is 30.3 Å². The van der Waals surface area contributed by atoms with E-state index >= 15 is 0 Å². The predicted octanol–water partition coefficient (Wildman–Crippen LogP) is -3.00. The lowest BCUT2D eigenvalue weighted by molar-refractivity contribution is -0.147. The van der Waals surface area contributed by atoms with Crippen LogP contribution in [0.5, 0.6) is 0 Å². The fraction of sp³-hybridized carbons (Fsp3) is 0.483. The zero-order valence-electron chi connectivity index (χ0n) is 26.6. The van der Waals surface area contributed by atoms with Crippen LogP contribution in [0.25, 0.3) is 0 Å². The summed E-state index contributed by atoms with van der Waals surface area (Å²) in [6, 6.07) is 0.354. The summed E-state index contributed by atoms with van der Waals surface area (Å²) >= 11 is 0. The van der Waals surface area contributed by atoms with E-state index in [0.29, 0.717) is 5.56 Å². The van der Waals surface area contributed by atoms with Gasteiger partial charge in [-0.2, -0.15) is 0 Å². The molecule has 3 unspecified atom stereocenters. The van der Waals surface area contributed by atoms with Crippen molar-refractivity contribution in [3.8, 4) is 0 Å². The van der Waals surface area contributed by atoms with Crippen molar-refractivity contribution in [2.45, 2.75) is 69.2 Å². The predicted molar refractivity (Wildman–Crippen MR) is 168 cm³/mol. The smallest absolute Gasteiger partial charge is 0.326 e. The standard InChI is InChI=1S/C29H41N9O10/c1-15-23(41)35-17(10-7-11-32-28(30)37-29(48)31-2)25(43)38(3)20(12-16-8-5-4-6-9-16)24(42)36-19(27(46)47)14-22(40)34-18(26(44)45)13-21(39)33-15/h4-6,8-9,15,17-20H,7,10-14H2,1-3H3,(H,33,39)(H,34,40)(H,35,41)(H,36,42)(H,44,45)(H,46,47)(H4,30,31,32,37,48)/t15-,17?,18+,19?,20?/m1/s1. The Morgan fingerprint density at radius 2 is 1.50 bits per heavy atom. The molecule has 1 aromatic rings. The Bertz CT molecular complexity index is 1400. The van der Waals surface area contributed by atoms with Crippen LogP contribution in [-0.2, 0) is 40.0 Å². The molecule has 7 amide bonds. The Morgan fingerprint density at radius 1 is 0.917 bits per heavy atom. The van der Waals surface area contributed by atoms with E-state index < -0.39 is 90.6 Å². The Hall–Kier alpha value is -5.75. The average molecular weight is 676 g/mol. The molecule has 1 aliphatic heterocycles. The van der Waals surface area contributed by atoms with E-state index in [0.717, 1.165) is 4.90 Å². The molecule has 1 fully saturated rings. The molecule has 262 valence electrons. The van der Waals surface area contributed by atoms with E-state index in [9.17, 15) is 48.6 Å². The van der Waals surface area contributed by atoms with E-state index in [1.807, 2.05) is 0 Å². The summed E-state index contributed by atoms with van der Waals surface area (Å²) in [5.41, 5.74) is 6.27. The van der Waals surface area contributed by atoms with Crippen LogP contribution < -0.4 is 37.6 Å². The van der Waals surface area contributed by atoms with Gasteiger partial charge in [-0.25, -0.2) is 14.4 Å². The summed E-state index contributed by atoms with van der Waals surface area (Å²) < 4.78 is 0. The largest absolute Gasteiger partial charge is 0.480 e. The molecule has 0 radical (unpaired) electrons. The molecule has 0 saturated carbocycles. The lowest BCUT2D eigenvalue weighted by atomic mass is 10.0. The third kappa shape index (κ3) is 12.2. The Balaban J connectivity index is 2.50. The summed E-state index contributed by atoms with van der Waals surface area (Å²) in [6.45, 7) is 1.30. The van der Waals surface area contributed by atoms with Crippen LogP contribution in [0.15, 0.2) is 35.3 Å². The maximum absolute atomic E-state index is 13.9. The number of hydrogen-bond acceptors (Lipinski definition) is 9. The molecule has 1 aliphatic rings. The van der Waals surface area contributed by atoms with Gasteiger partial charge in [-0.15, -0.1) is 0 Å². The molecule has 1 saturated heterocycles. The molecule has 2 rings (SSSR count). The molecule has 1 aromatic carbocycles. The molecular formula is C29H41N9O10. The number of carboxylic acid groups (broad SMARTS) is 2. The second-order valence-corrected chi connectivity index (χ2v) is 10.9. The number of nitrogens with two attached hydrogens (primary N) is 1. The van der Waals surface area contributed by atoms with Crippen LogP contribution in [0.4, 0.5) is 4.79 Å². The lowest BCUT2D eigenvalue weighted by Gasteiger charge is -2.32. The number of amides is 7. The molecule has 0 aromatic heterocycles. The first-order valence-electron chi connectivity index (χ1n) is 14.9. The first kappa shape index (κ1) is 38.4. The maximum Gasteiger partial charge on any atom is 0.326 e. The number of carbonyl (C=O) groups excluding carboxylic acids is 6. The monoisotopic (exact) mass is 675 g/mol. The number of nitrogens with one attached hydrogen (secondary N) is 6. The second kappa shape index (κ2) is 18.4. The summed E-state index contributed by atoms with van der Waals surface area (Å²) in [4.78, 5) is 106. The molecule has 19 nitrogen and oxygen atoms in total. The van der Waals surface area contributed by atoms with Crippen molar-refractivity contribution in [2.75, 3.05) is 20.6 Å². The minimum atomic E-state index is -1.83. The third-order valence-corrected chi connectivity index (χ3v) is 7.20. The van der Waals surface area contributed by atoms with Crippen molar-refractivity contribution in [3.63, 3.8) is 0 Å². The molecule has 5 atom stereocenters. The molecular weight excluding hydrogens is 634 g/mol. The number of guanidine groups is 1. The summed E-state index contributed by atoms with van der Waals surface area (Å²) in [7, 11) is 2.67. The zero-order chi connectivity index (χ0) is 36.0. The van der Waals surface area contributed by atoms with Crippen molar-refractivity contribution in [1.82, 2.24) is 36.8 Å². The van der Waals surface area contributed by atoms with E-state index in [1.165, 1.54) is 21.0 Å². The van der Waals surface area contributed by atoms with E-state index in [2.05, 4.69) is 36.9 Å². The van der Waals surface area contributed by atoms with Crippen LogP contribution in [0.1, 0.15) is 38.2 Å². The Kier molecular flexibility index (Phi) is 14.7. The van der Waals surface area contributed by atoms with Gasteiger partial charge in [0.25, 0.3) is 0 Å². The number of carboxylic acids is 2. The number of urea groups is 1. The van der Waals surface area contributed by atoms with Crippen molar-refractivity contribution >= 4 is 53.5 Å². The number of benzene rings is 1. The minimum absolute atomic E-state index is 0.0112. The van der Waals surface area contributed by atoms with E-state index in [-0.39, 0.29) is 31.8 Å². The minimum Gasteiger partial charge on any atom is -0.480 e. The van der Waals surface area contributed by atoms with Crippen molar-refractivity contribution in [2.24, 2.45) is 10.7 Å². The van der Waals surface area contributed by atoms with Crippen molar-refractivity contribution in [1.29, 1.82) is 0 Å². The van der Waals surface area contributed by atoms with Crippen LogP contribution in [0.3, 0.4) is 0 Å². The lowest BCUT2D eigenvalue weighted by Crippen LogP contribution is -2.58. The number of aliphatic imine (C=N–C) groups is 1. The molecule has 48 heavy (non-hydrogen) atoms. The first-order valence-corrected chi connectivity index (χ1v) is 14.9. The molecule has 0 bridgehead atoms. The van der Waals surface area contributed by atoms with Gasteiger partial charge in [0, 0.05) is 27.1 Å². The first-order chi connectivity index (χ1) is 22.6. The van der Waals surface area contributed by atoms with Crippen LogP contribution in [0, 0.1) is 0 Å². The van der Waals surface area contributed by atoms with Gasteiger partial charge in [0.2, 0.25) is 29.5 Å². The van der Waals surface area contributed by atoms with Crippen LogP contribution in [-0.4, -0.2) is 119 Å². The number of nitrogens with zero attached hydrogens (tertiary/aromatic N) is 2. The highest BCUT2D eigenvalue weighted by molar-refractivity contribution is 5.97. The van der Waals surface area contributed by atoms with Crippen molar-refractivity contribution in [3.05, 3.63) is 35.9 Å². The fourth-order valence-corrected chi connectivity index (χ4v) is 4.57. The van der Waals surface area contributed by atoms with Crippen LogP contribution in [0.2, 0.25) is 0 Å². The Labute approximate surface area is 275 Å². The second-order valence-electron chi connectivity index (χ2n) is 10.9. The highest BCUT2D eigenvalue weighted by atomic mass is 16.4. The third-order valence-electron chi connectivity index (χ3n) is 7.20.